The number of morpholine rings is 2. The van der Waals surface area contributed by atoms with Crippen LogP contribution in [0.1, 0.15) is 30.4 Å². The molecule has 140 valence electrons. The summed E-state index contributed by atoms with van der Waals surface area (Å²) in [5.74, 6) is 1.14. The normalized spacial score (nSPS) is 24.8. The van der Waals surface area contributed by atoms with Crippen LogP contribution in [0.25, 0.3) is 0 Å². The summed E-state index contributed by atoms with van der Waals surface area (Å²) in [5, 5.41) is 8.08. The summed E-state index contributed by atoms with van der Waals surface area (Å²) in [6.45, 7) is 9.90. The molecule has 1 aromatic heterocycles. The minimum atomic E-state index is -0.171. The average Bonchev–Trinajstić information content (AvgIpc) is 3.09. The monoisotopic (exact) mass is 358 g/mol. The minimum absolute atomic E-state index is 0.122. The molecular weight excluding hydrogens is 332 g/mol. The molecule has 2 aliphatic rings. The number of aromatic nitrogens is 2. The molecule has 1 aromatic carbocycles. The van der Waals surface area contributed by atoms with Gasteiger partial charge in [-0.05, 0) is 18.6 Å². The predicted octanol–water partition coefficient (Wildman–Crippen LogP) is 2.18. The number of para-hydroxylation sites is 1. The molecule has 2 fully saturated rings. The zero-order chi connectivity index (χ0) is 17.9. The third-order valence-corrected chi connectivity index (χ3v) is 4.89. The van der Waals surface area contributed by atoms with E-state index in [1.165, 1.54) is 11.3 Å². The number of ether oxygens (including phenoxy) is 2. The Kier molecular flexibility index (Phi) is 5.19. The summed E-state index contributed by atoms with van der Waals surface area (Å²) in [6.07, 6.45) is -0.0491. The van der Waals surface area contributed by atoms with Crippen LogP contribution in [0.4, 0.5) is 5.69 Å². The molecule has 2 aromatic rings. The van der Waals surface area contributed by atoms with E-state index < -0.39 is 0 Å². The molecule has 0 spiro atoms. The molecule has 0 saturated carbocycles. The van der Waals surface area contributed by atoms with Crippen LogP contribution in [0, 0.1) is 6.92 Å². The predicted molar refractivity (Wildman–Crippen MR) is 97.1 cm³/mol. The summed E-state index contributed by atoms with van der Waals surface area (Å²) < 4.78 is 17.1. The number of benzene rings is 1. The lowest BCUT2D eigenvalue weighted by atomic mass is 10.1. The second-order valence-electron chi connectivity index (χ2n) is 7.02. The van der Waals surface area contributed by atoms with Crippen LogP contribution < -0.4 is 4.90 Å². The van der Waals surface area contributed by atoms with Gasteiger partial charge in [0.15, 0.2) is 0 Å². The standard InChI is InChI=1S/C19H26N4O3/c1-14-11-22(13-18(25-14)19-21-20-15(2)26-19)12-16-5-3-4-6-17(16)23-7-9-24-10-8-23/h3-6,14,18H,7-13H2,1-2H3/t14-,18-/m1/s1. The first-order valence-electron chi connectivity index (χ1n) is 9.27. The highest BCUT2D eigenvalue weighted by Crippen LogP contribution is 2.28. The highest BCUT2D eigenvalue weighted by Gasteiger charge is 2.30. The van der Waals surface area contributed by atoms with Gasteiger partial charge in [0.05, 0.1) is 19.3 Å². The summed E-state index contributed by atoms with van der Waals surface area (Å²) in [7, 11) is 0. The molecule has 2 saturated heterocycles. The van der Waals surface area contributed by atoms with Crippen molar-refractivity contribution < 1.29 is 13.9 Å². The first-order valence-corrected chi connectivity index (χ1v) is 9.27. The average molecular weight is 358 g/mol. The van der Waals surface area contributed by atoms with Crippen LogP contribution in [0.5, 0.6) is 0 Å². The Labute approximate surface area is 153 Å². The SMILES string of the molecule is Cc1nnc([C@H]2CN(Cc3ccccc3N3CCOCC3)C[C@@H](C)O2)o1. The summed E-state index contributed by atoms with van der Waals surface area (Å²) >= 11 is 0. The van der Waals surface area contributed by atoms with E-state index in [4.69, 9.17) is 13.9 Å². The molecule has 0 N–H and O–H groups in total. The van der Waals surface area contributed by atoms with Crippen molar-refractivity contribution in [3.05, 3.63) is 41.6 Å². The maximum Gasteiger partial charge on any atom is 0.246 e. The fourth-order valence-electron chi connectivity index (χ4n) is 3.74. The number of hydrogen-bond acceptors (Lipinski definition) is 7. The Balaban J connectivity index is 1.49. The molecular formula is C19H26N4O3. The number of anilines is 1. The molecule has 2 aliphatic heterocycles. The van der Waals surface area contributed by atoms with Gasteiger partial charge < -0.3 is 18.8 Å². The van der Waals surface area contributed by atoms with Crippen LogP contribution in [-0.2, 0) is 16.0 Å². The first kappa shape index (κ1) is 17.5. The van der Waals surface area contributed by atoms with Gasteiger partial charge in [-0.1, -0.05) is 18.2 Å². The molecule has 26 heavy (non-hydrogen) atoms. The quantitative estimate of drug-likeness (QED) is 0.830. The van der Waals surface area contributed by atoms with Gasteiger partial charge in [-0.3, -0.25) is 4.90 Å². The van der Waals surface area contributed by atoms with Crippen molar-refractivity contribution in [2.75, 3.05) is 44.3 Å². The van der Waals surface area contributed by atoms with Crippen molar-refractivity contribution in [2.24, 2.45) is 0 Å². The van der Waals surface area contributed by atoms with E-state index in [9.17, 15) is 0 Å². The number of nitrogens with zero attached hydrogens (tertiary/aromatic N) is 4. The minimum Gasteiger partial charge on any atom is -0.423 e. The van der Waals surface area contributed by atoms with Gasteiger partial charge in [0.1, 0.15) is 6.10 Å². The molecule has 0 radical (unpaired) electrons. The summed E-state index contributed by atoms with van der Waals surface area (Å²) in [5.41, 5.74) is 2.64. The lowest BCUT2D eigenvalue weighted by Crippen LogP contribution is -2.43. The first-order chi connectivity index (χ1) is 12.7. The fourth-order valence-corrected chi connectivity index (χ4v) is 3.74. The lowest BCUT2D eigenvalue weighted by Gasteiger charge is -2.37. The van der Waals surface area contributed by atoms with Crippen molar-refractivity contribution in [3.8, 4) is 0 Å². The Morgan fingerprint density at radius 3 is 2.69 bits per heavy atom. The van der Waals surface area contributed by atoms with Crippen molar-refractivity contribution in [1.82, 2.24) is 15.1 Å². The molecule has 3 heterocycles. The maximum atomic E-state index is 6.04. The van der Waals surface area contributed by atoms with Crippen molar-refractivity contribution in [1.29, 1.82) is 0 Å². The van der Waals surface area contributed by atoms with Crippen LogP contribution in [0.2, 0.25) is 0 Å². The number of rotatable bonds is 4. The summed E-state index contributed by atoms with van der Waals surface area (Å²) in [4.78, 5) is 4.83. The van der Waals surface area contributed by atoms with Gasteiger partial charge in [-0.2, -0.15) is 0 Å². The van der Waals surface area contributed by atoms with Crippen LogP contribution in [0.15, 0.2) is 28.7 Å². The van der Waals surface area contributed by atoms with Crippen molar-refractivity contribution in [2.45, 2.75) is 32.6 Å². The topological polar surface area (TPSA) is 63.9 Å². The van der Waals surface area contributed by atoms with Gasteiger partial charge in [0.25, 0.3) is 0 Å². The van der Waals surface area contributed by atoms with E-state index in [1.54, 1.807) is 6.92 Å². The molecule has 2 atom stereocenters. The van der Waals surface area contributed by atoms with Gasteiger partial charge in [-0.15, -0.1) is 10.2 Å². The molecule has 0 bridgehead atoms. The fraction of sp³-hybridized carbons (Fsp3) is 0.579. The van der Waals surface area contributed by atoms with Gasteiger partial charge >= 0.3 is 0 Å². The van der Waals surface area contributed by atoms with E-state index >= 15 is 0 Å². The zero-order valence-corrected chi connectivity index (χ0v) is 15.4. The highest BCUT2D eigenvalue weighted by molar-refractivity contribution is 5.54. The van der Waals surface area contributed by atoms with Crippen molar-refractivity contribution in [3.63, 3.8) is 0 Å². The number of hydrogen-bond donors (Lipinski definition) is 0. The maximum absolute atomic E-state index is 6.04. The van der Waals surface area contributed by atoms with E-state index in [2.05, 4.69) is 51.2 Å². The van der Waals surface area contributed by atoms with Crippen LogP contribution in [-0.4, -0.2) is 60.6 Å². The molecule has 7 nitrogen and oxygen atoms in total. The molecule has 0 aliphatic carbocycles. The van der Waals surface area contributed by atoms with Crippen LogP contribution in [0.3, 0.4) is 0 Å². The Hall–Kier alpha value is -1.96. The van der Waals surface area contributed by atoms with Gasteiger partial charge in [-0.25, -0.2) is 0 Å². The second kappa shape index (κ2) is 7.73. The molecule has 0 amide bonds. The van der Waals surface area contributed by atoms with Crippen LogP contribution >= 0.6 is 0 Å². The molecule has 7 heteroatoms. The van der Waals surface area contributed by atoms with Crippen molar-refractivity contribution >= 4 is 5.69 Å². The Morgan fingerprint density at radius 2 is 1.92 bits per heavy atom. The van der Waals surface area contributed by atoms with E-state index in [0.29, 0.717) is 11.8 Å². The molecule has 0 unspecified atom stereocenters. The Morgan fingerprint density at radius 1 is 1.12 bits per heavy atom. The second-order valence-corrected chi connectivity index (χ2v) is 7.02. The molecule has 4 rings (SSSR count). The third kappa shape index (κ3) is 3.90. The largest absolute Gasteiger partial charge is 0.423 e. The smallest absolute Gasteiger partial charge is 0.246 e. The zero-order valence-electron chi connectivity index (χ0n) is 15.4. The number of aryl methyl sites for hydroxylation is 1. The lowest BCUT2D eigenvalue weighted by molar-refractivity contribution is -0.0917. The highest BCUT2D eigenvalue weighted by atomic mass is 16.5. The van der Waals surface area contributed by atoms with E-state index in [0.717, 1.165) is 45.9 Å². The Bertz CT molecular complexity index is 729. The van der Waals surface area contributed by atoms with E-state index in [-0.39, 0.29) is 12.2 Å². The van der Waals surface area contributed by atoms with Gasteiger partial charge in [0.2, 0.25) is 11.8 Å². The van der Waals surface area contributed by atoms with E-state index in [1.807, 2.05) is 0 Å². The summed E-state index contributed by atoms with van der Waals surface area (Å²) in [6, 6.07) is 8.66. The third-order valence-electron chi connectivity index (χ3n) is 4.89. The van der Waals surface area contributed by atoms with Gasteiger partial charge in [0, 0.05) is 45.3 Å².